The van der Waals surface area contributed by atoms with Crippen molar-refractivity contribution in [2.24, 2.45) is 11.7 Å². The SMILES string of the molecule is CC(C)(N)CS(=O)(=O)N1CCN(c2cnc(OCC3CCN(C(=O)OC4(C)CC4)CC3)cn2)C(=O)C1. The predicted octanol–water partition coefficient (Wildman–Crippen LogP) is 0.972. The summed E-state index contributed by atoms with van der Waals surface area (Å²) in [4.78, 5) is 36.6. The quantitative estimate of drug-likeness (QED) is 0.525. The third-order valence-electron chi connectivity index (χ3n) is 6.65. The van der Waals surface area contributed by atoms with Crippen molar-refractivity contribution in [3.63, 3.8) is 0 Å². The highest BCUT2D eigenvalue weighted by atomic mass is 32.2. The molecule has 0 unspecified atom stereocenters. The number of carbonyl (C=O) groups excluding carboxylic acids is 2. The van der Waals surface area contributed by atoms with E-state index in [-0.39, 0.29) is 43.0 Å². The summed E-state index contributed by atoms with van der Waals surface area (Å²) < 4.78 is 37.6. The Bertz CT molecular complexity index is 1060. The number of rotatable bonds is 8. The summed E-state index contributed by atoms with van der Waals surface area (Å²) in [6, 6.07) is 0. The van der Waals surface area contributed by atoms with Crippen LogP contribution in [0.3, 0.4) is 0 Å². The number of carbonyl (C=O) groups is 2. The van der Waals surface area contributed by atoms with Gasteiger partial charge in [-0.15, -0.1) is 0 Å². The molecular weight excluding hydrogens is 488 g/mol. The Labute approximate surface area is 212 Å². The van der Waals surface area contributed by atoms with E-state index >= 15 is 0 Å². The molecule has 3 fully saturated rings. The van der Waals surface area contributed by atoms with Gasteiger partial charge in [0.2, 0.25) is 21.8 Å². The molecule has 2 N–H and O–H groups in total. The first-order valence-corrected chi connectivity index (χ1v) is 13.9. The van der Waals surface area contributed by atoms with Crippen LogP contribution in [0, 0.1) is 5.92 Å². The van der Waals surface area contributed by atoms with Gasteiger partial charge < -0.3 is 20.1 Å². The number of hydrogen-bond acceptors (Lipinski definition) is 9. The van der Waals surface area contributed by atoms with Gasteiger partial charge in [-0.05, 0) is 52.4 Å². The molecule has 2 amide bonds. The molecule has 3 heterocycles. The fourth-order valence-electron chi connectivity index (χ4n) is 4.25. The molecule has 2 aliphatic heterocycles. The highest BCUT2D eigenvalue weighted by molar-refractivity contribution is 7.89. The maximum atomic E-state index is 12.6. The van der Waals surface area contributed by atoms with Gasteiger partial charge in [0.1, 0.15) is 5.60 Å². The molecule has 1 aliphatic carbocycles. The number of amides is 2. The van der Waals surface area contributed by atoms with E-state index in [9.17, 15) is 18.0 Å². The molecule has 3 aliphatic rings. The molecule has 200 valence electrons. The summed E-state index contributed by atoms with van der Waals surface area (Å²) in [5, 5.41) is 0. The zero-order valence-corrected chi connectivity index (χ0v) is 22.0. The molecule has 36 heavy (non-hydrogen) atoms. The molecule has 1 saturated carbocycles. The summed E-state index contributed by atoms with van der Waals surface area (Å²) in [5.41, 5.74) is 4.70. The normalized spacial score (nSPS) is 21.4. The lowest BCUT2D eigenvalue weighted by Crippen LogP contribution is -2.55. The van der Waals surface area contributed by atoms with E-state index in [0.717, 1.165) is 25.7 Å². The van der Waals surface area contributed by atoms with Crippen molar-refractivity contribution >= 4 is 27.8 Å². The standard InChI is InChI=1S/C23H36N6O6S/c1-22(2,24)16-36(32,33)28-10-11-29(20(30)14-28)18-12-26-19(13-25-18)34-15-17-4-8-27(9-5-17)21(31)35-23(3)6-7-23/h12-13,17H,4-11,14-16,24H2,1-3H3. The third kappa shape index (κ3) is 6.83. The van der Waals surface area contributed by atoms with E-state index in [1.165, 1.54) is 21.6 Å². The highest BCUT2D eigenvalue weighted by Crippen LogP contribution is 2.39. The monoisotopic (exact) mass is 524 g/mol. The van der Waals surface area contributed by atoms with Gasteiger partial charge in [-0.25, -0.2) is 23.2 Å². The fourth-order valence-corrected chi connectivity index (χ4v) is 6.04. The van der Waals surface area contributed by atoms with E-state index in [2.05, 4.69) is 9.97 Å². The van der Waals surface area contributed by atoms with Crippen LogP contribution in [0.1, 0.15) is 46.5 Å². The van der Waals surface area contributed by atoms with Crippen molar-refractivity contribution in [3.05, 3.63) is 12.4 Å². The number of nitrogens with two attached hydrogens (primary N) is 1. The molecular formula is C23H36N6O6S. The van der Waals surface area contributed by atoms with E-state index in [4.69, 9.17) is 15.2 Å². The lowest BCUT2D eigenvalue weighted by molar-refractivity contribution is -0.120. The van der Waals surface area contributed by atoms with Crippen LogP contribution >= 0.6 is 0 Å². The van der Waals surface area contributed by atoms with Crippen LogP contribution in [0.15, 0.2) is 12.4 Å². The van der Waals surface area contributed by atoms with Gasteiger partial charge in [-0.1, -0.05) is 0 Å². The number of piperidine rings is 1. The smallest absolute Gasteiger partial charge is 0.410 e. The lowest BCUT2D eigenvalue weighted by atomic mass is 9.98. The van der Waals surface area contributed by atoms with E-state index in [1.807, 2.05) is 6.92 Å². The average molecular weight is 525 g/mol. The molecule has 1 aromatic rings. The third-order valence-corrected chi connectivity index (χ3v) is 8.86. The maximum Gasteiger partial charge on any atom is 0.410 e. The van der Waals surface area contributed by atoms with Crippen molar-refractivity contribution in [2.75, 3.05) is 50.0 Å². The Balaban J connectivity index is 1.22. The molecule has 12 nitrogen and oxygen atoms in total. The van der Waals surface area contributed by atoms with Gasteiger partial charge in [0.05, 0.1) is 31.3 Å². The molecule has 2 saturated heterocycles. The minimum Gasteiger partial charge on any atom is -0.476 e. The van der Waals surface area contributed by atoms with Gasteiger partial charge in [-0.3, -0.25) is 9.69 Å². The number of piperazine rings is 1. The number of hydrogen-bond donors (Lipinski definition) is 1. The van der Waals surface area contributed by atoms with Crippen molar-refractivity contribution in [1.29, 1.82) is 0 Å². The Morgan fingerprint density at radius 2 is 1.86 bits per heavy atom. The fraction of sp³-hybridized carbons (Fsp3) is 0.739. The van der Waals surface area contributed by atoms with Crippen molar-refractivity contribution in [2.45, 2.75) is 57.6 Å². The second-order valence-corrected chi connectivity index (χ2v) is 12.9. The van der Waals surface area contributed by atoms with Gasteiger partial charge in [0.25, 0.3) is 0 Å². The molecule has 0 radical (unpaired) electrons. The zero-order valence-electron chi connectivity index (χ0n) is 21.2. The molecule has 0 atom stereocenters. The summed E-state index contributed by atoms with van der Waals surface area (Å²) >= 11 is 0. The first-order valence-electron chi connectivity index (χ1n) is 12.3. The Morgan fingerprint density at radius 3 is 2.42 bits per heavy atom. The van der Waals surface area contributed by atoms with Crippen LogP contribution in [0.5, 0.6) is 5.88 Å². The number of ether oxygens (including phenoxy) is 2. The largest absolute Gasteiger partial charge is 0.476 e. The molecule has 0 bridgehead atoms. The summed E-state index contributed by atoms with van der Waals surface area (Å²) in [6.45, 7) is 7.05. The van der Waals surface area contributed by atoms with Crippen molar-refractivity contribution in [3.8, 4) is 5.88 Å². The molecule has 0 aromatic carbocycles. The second kappa shape index (κ2) is 10.1. The van der Waals surface area contributed by atoms with E-state index < -0.39 is 15.6 Å². The Hall–Kier alpha value is -2.51. The number of anilines is 1. The van der Waals surface area contributed by atoms with Crippen molar-refractivity contribution < 1.29 is 27.5 Å². The molecule has 4 rings (SSSR count). The first-order chi connectivity index (χ1) is 16.8. The first kappa shape index (κ1) is 26.6. The Morgan fingerprint density at radius 1 is 1.17 bits per heavy atom. The molecule has 0 spiro atoms. The molecule has 13 heteroatoms. The van der Waals surface area contributed by atoms with Gasteiger partial charge in [0.15, 0.2) is 5.82 Å². The van der Waals surface area contributed by atoms with Crippen LogP contribution in [0.2, 0.25) is 0 Å². The van der Waals surface area contributed by atoms with Gasteiger partial charge in [-0.2, -0.15) is 4.31 Å². The van der Waals surface area contributed by atoms with E-state index in [1.54, 1.807) is 18.7 Å². The van der Waals surface area contributed by atoms with Crippen LogP contribution in [-0.2, 0) is 19.6 Å². The highest BCUT2D eigenvalue weighted by Gasteiger charge is 2.43. The van der Waals surface area contributed by atoms with Crippen LogP contribution < -0.4 is 15.4 Å². The van der Waals surface area contributed by atoms with E-state index in [0.29, 0.717) is 37.3 Å². The predicted molar refractivity (Wildman–Crippen MR) is 132 cm³/mol. The lowest BCUT2D eigenvalue weighted by Gasteiger charge is -2.34. The van der Waals surface area contributed by atoms with Gasteiger partial charge in [0, 0.05) is 31.7 Å². The van der Waals surface area contributed by atoms with Gasteiger partial charge >= 0.3 is 6.09 Å². The average Bonchev–Trinajstić information content (AvgIpc) is 3.53. The van der Waals surface area contributed by atoms with Crippen LogP contribution in [-0.4, -0.2) is 95.8 Å². The number of likely N-dealkylation sites (tertiary alicyclic amines) is 1. The van der Waals surface area contributed by atoms with Crippen molar-refractivity contribution in [1.82, 2.24) is 19.2 Å². The number of nitrogens with zero attached hydrogens (tertiary/aromatic N) is 5. The second-order valence-electron chi connectivity index (χ2n) is 10.9. The van der Waals surface area contributed by atoms with Crippen LogP contribution in [0.25, 0.3) is 0 Å². The summed E-state index contributed by atoms with van der Waals surface area (Å²) in [5.74, 6) is 0.383. The Kier molecular flexibility index (Phi) is 7.45. The van der Waals surface area contributed by atoms with Crippen LogP contribution in [0.4, 0.5) is 10.6 Å². The molecule has 1 aromatic heterocycles. The summed E-state index contributed by atoms with van der Waals surface area (Å²) in [6.07, 6.45) is 6.20. The number of sulfonamides is 1. The maximum absolute atomic E-state index is 12.6. The minimum atomic E-state index is -3.64. The number of aromatic nitrogens is 2. The summed E-state index contributed by atoms with van der Waals surface area (Å²) in [7, 11) is -3.64. The topological polar surface area (TPSA) is 148 Å². The minimum absolute atomic E-state index is 0.162. The zero-order chi connectivity index (χ0) is 26.1.